The van der Waals surface area contributed by atoms with E-state index in [4.69, 9.17) is 9.47 Å². The Morgan fingerprint density at radius 2 is 1.71 bits per heavy atom. The molecule has 0 atom stereocenters. The Morgan fingerprint density at radius 1 is 1.05 bits per heavy atom. The van der Waals surface area contributed by atoms with E-state index in [9.17, 15) is 13.6 Å². The van der Waals surface area contributed by atoms with Crippen LogP contribution in [0.2, 0.25) is 0 Å². The number of methoxy groups -OCH3 is 2. The van der Waals surface area contributed by atoms with E-state index < -0.39 is 17.4 Å². The molecular weight excluding hydrogens is 278 g/mol. The predicted molar refractivity (Wildman–Crippen MR) is 73.9 cm³/mol. The van der Waals surface area contributed by atoms with Gasteiger partial charge in [-0.25, -0.2) is 8.78 Å². The van der Waals surface area contributed by atoms with Gasteiger partial charge < -0.3 is 9.47 Å². The molecule has 0 N–H and O–H groups in total. The number of rotatable bonds is 5. The lowest BCUT2D eigenvalue weighted by atomic mass is 10.0. The number of carbonyl (C=O) groups is 1. The summed E-state index contributed by atoms with van der Waals surface area (Å²) in [5.74, 6) is -1.08. The van der Waals surface area contributed by atoms with Gasteiger partial charge in [-0.15, -0.1) is 0 Å². The van der Waals surface area contributed by atoms with E-state index in [1.807, 2.05) is 0 Å². The third-order valence-corrected chi connectivity index (χ3v) is 3.11. The molecule has 110 valence electrons. The van der Waals surface area contributed by atoms with Crippen LogP contribution in [-0.4, -0.2) is 20.0 Å². The van der Waals surface area contributed by atoms with Gasteiger partial charge in [0.25, 0.3) is 0 Å². The van der Waals surface area contributed by atoms with Crippen molar-refractivity contribution in [3.05, 3.63) is 59.2 Å². The maximum atomic E-state index is 13.6. The van der Waals surface area contributed by atoms with E-state index in [1.165, 1.54) is 26.4 Å². The molecule has 0 unspecified atom stereocenters. The van der Waals surface area contributed by atoms with Crippen molar-refractivity contribution in [2.75, 3.05) is 14.2 Å². The summed E-state index contributed by atoms with van der Waals surface area (Å²) in [6.45, 7) is 0. The molecular formula is C16H14F2O3. The maximum Gasteiger partial charge on any atom is 0.171 e. The summed E-state index contributed by atoms with van der Waals surface area (Å²) < 4.78 is 37.3. The molecule has 2 aromatic carbocycles. The molecule has 0 aliphatic rings. The Kier molecular flexibility index (Phi) is 4.52. The molecule has 0 spiro atoms. The predicted octanol–water partition coefficient (Wildman–Crippen LogP) is 3.41. The van der Waals surface area contributed by atoms with E-state index in [-0.39, 0.29) is 17.5 Å². The van der Waals surface area contributed by atoms with E-state index in [0.717, 1.165) is 12.1 Å². The van der Waals surface area contributed by atoms with E-state index in [2.05, 4.69) is 0 Å². The van der Waals surface area contributed by atoms with E-state index in [1.54, 1.807) is 12.1 Å². The number of halogens is 2. The molecule has 0 aliphatic heterocycles. The first kappa shape index (κ1) is 15.0. The van der Waals surface area contributed by atoms with Crippen molar-refractivity contribution in [2.24, 2.45) is 0 Å². The summed E-state index contributed by atoms with van der Waals surface area (Å²) in [6, 6.07) is 8.15. The number of Topliss-reactive ketones (excluding diaryl/α,β-unsaturated/α-hetero) is 1. The highest BCUT2D eigenvalue weighted by Crippen LogP contribution is 2.26. The Hall–Kier alpha value is -2.43. The Balaban J connectivity index is 2.32. The average Bonchev–Trinajstić information content (AvgIpc) is 2.50. The van der Waals surface area contributed by atoms with Crippen molar-refractivity contribution >= 4 is 5.78 Å². The smallest absolute Gasteiger partial charge is 0.171 e. The second kappa shape index (κ2) is 6.35. The summed E-state index contributed by atoms with van der Waals surface area (Å²) >= 11 is 0. The molecule has 0 aliphatic carbocycles. The van der Waals surface area contributed by atoms with Gasteiger partial charge in [-0.3, -0.25) is 4.79 Å². The number of carbonyl (C=O) groups excluding carboxylic acids is 1. The van der Waals surface area contributed by atoms with Crippen LogP contribution in [-0.2, 0) is 6.42 Å². The minimum Gasteiger partial charge on any atom is -0.497 e. The second-order valence-corrected chi connectivity index (χ2v) is 4.37. The van der Waals surface area contributed by atoms with Crippen LogP contribution in [0.15, 0.2) is 36.4 Å². The fourth-order valence-electron chi connectivity index (χ4n) is 1.99. The van der Waals surface area contributed by atoms with Crippen molar-refractivity contribution < 1.29 is 23.0 Å². The van der Waals surface area contributed by atoms with Crippen molar-refractivity contribution in [2.45, 2.75) is 6.42 Å². The van der Waals surface area contributed by atoms with Crippen molar-refractivity contribution in [3.63, 3.8) is 0 Å². The van der Waals surface area contributed by atoms with E-state index in [0.29, 0.717) is 11.5 Å². The number of ether oxygens (including phenoxy) is 2. The summed E-state index contributed by atoms with van der Waals surface area (Å²) in [7, 11) is 2.90. The van der Waals surface area contributed by atoms with Crippen LogP contribution in [0.25, 0.3) is 0 Å². The molecule has 2 rings (SSSR count). The highest BCUT2D eigenvalue weighted by Gasteiger charge is 2.18. The SMILES string of the molecule is COc1ccc(C(=O)Cc2c(F)cccc2F)c(OC)c1. The van der Waals surface area contributed by atoms with Gasteiger partial charge in [-0.1, -0.05) is 6.07 Å². The summed E-state index contributed by atoms with van der Waals surface area (Å²) in [5.41, 5.74) is 0.00123. The maximum absolute atomic E-state index is 13.6. The molecule has 0 saturated carbocycles. The molecule has 3 nitrogen and oxygen atoms in total. The average molecular weight is 292 g/mol. The number of ketones is 1. The number of hydrogen-bond donors (Lipinski definition) is 0. The van der Waals surface area contributed by atoms with Gasteiger partial charge >= 0.3 is 0 Å². The zero-order valence-electron chi connectivity index (χ0n) is 11.7. The van der Waals surface area contributed by atoms with Gasteiger partial charge in [0, 0.05) is 18.1 Å². The summed E-state index contributed by atoms with van der Waals surface area (Å²) in [4.78, 5) is 12.2. The van der Waals surface area contributed by atoms with Gasteiger partial charge in [-0.05, 0) is 24.3 Å². The first-order chi connectivity index (χ1) is 10.1. The molecule has 0 bridgehead atoms. The van der Waals surface area contributed by atoms with Crippen LogP contribution in [0, 0.1) is 11.6 Å². The van der Waals surface area contributed by atoms with Crippen molar-refractivity contribution in [3.8, 4) is 11.5 Å². The van der Waals surface area contributed by atoms with Gasteiger partial charge in [0.1, 0.15) is 23.1 Å². The van der Waals surface area contributed by atoms with Gasteiger partial charge in [0.15, 0.2) is 5.78 Å². The zero-order chi connectivity index (χ0) is 15.4. The fourth-order valence-corrected chi connectivity index (χ4v) is 1.99. The standard InChI is InChI=1S/C16H14F2O3/c1-20-10-6-7-11(16(8-10)21-2)15(19)9-12-13(17)4-3-5-14(12)18/h3-8H,9H2,1-2H3. The monoisotopic (exact) mass is 292 g/mol. The normalized spacial score (nSPS) is 10.3. The molecule has 0 fully saturated rings. The first-order valence-electron chi connectivity index (χ1n) is 6.25. The largest absolute Gasteiger partial charge is 0.497 e. The molecule has 0 amide bonds. The van der Waals surface area contributed by atoms with Crippen LogP contribution >= 0.6 is 0 Å². The molecule has 0 heterocycles. The third-order valence-electron chi connectivity index (χ3n) is 3.11. The fraction of sp³-hybridized carbons (Fsp3) is 0.188. The second-order valence-electron chi connectivity index (χ2n) is 4.37. The third kappa shape index (κ3) is 3.18. The van der Waals surface area contributed by atoms with Gasteiger partial charge in [0.2, 0.25) is 0 Å². The Labute approximate surface area is 121 Å². The minimum absolute atomic E-state index is 0.250. The van der Waals surface area contributed by atoms with Crippen LogP contribution < -0.4 is 9.47 Å². The first-order valence-corrected chi connectivity index (χ1v) is 6.25. The molecule has 0 saturated heterocycles. The lowest BCUT2D eigenvalue weighted by molar-refractivity contribution is 0.0987. The highest BCUT2D eigenvalue weighted by molar-refractivity contribution is 6.00. The molecule has 21 heavy (non-hydrogen) atoms. The van der Waals surface area contributed by atoms with Crippen LogP contribution in [0.5, 0.6) is 11.5 Å². The van der Waals surface area contributed by atoms with Gasteiger partial charge in [-0.2, -0.15) is 0 Å². The van der Waals surface area contributed by atoms with E-state index >= 15 is 0 Å². The topological polar surface area (TPSA) is 35.5 Å². The summed E-state index contributed by atoms with van der Waals surface area (Å²) in [5, 5.41) is 0. The van der Waals surface area contributed by atoms with Crippen LogP contribution in [0.4, 0.5) is 8.78 Å². The molecule has 0 aromatic heterocycles. The Bertz CT molecular complexity index is 648. The van der Waals surface area contributed by atoms with Gasteiger partial charge in [0.05, 0.1) is 19.8 Å². The Morgan fingerprint density at radius 3 is 2.29 bits per heavy atom. The van der Waals surface area contributed by atoms with Crippen molar-refractivity contribution in [1.82, 2.24) is 0 Å². The van der Waals surface area contributed by atoms with Crippen LogP contribution in [0.3, 0.4) is 0 Å². The molecule has 2 aromatic rings. The number of hydrogen-bond acceptors (Lipinski definition) is 3. The lowest BCUT2D eigenvalue weighted by Gasteiger charge is -2.10. The van der Waals surface area contributed by atoms with Crippen LogP contribution in [0.1, 0.15) is 15.9 Å². The quantitative estimate of drug-likeness (QED) is 0.792. The van der Waals surface area contributed by atoms with Crippen molar-refractivity contribution in [1.29, 1.82) is 0 Å². The number of benzene rings is 2. The molecule has 5 heteroatoms. The molecule has 0 radical (unpaired) electrons. The lowest BCUT2D eigenvalue weighted by Crippen LogP contribution is -2.09. The summed E-state index contributed by atoms with van der Waals surface area (Å²) in [6.07, 6.45) is -0.374. The zero-order valence-corrected chi connectivity index (χ0v) is 11.7. The highest BCUT2D eigenvalue weighted by atomic mass is 19.1. The minimum atomic E-state index is -0.740.